The van der Waals surface area contributed by atoms with Crippen LogP contribution in [0.3, 0.4) is 0 Å². The average molecular weight is 168 g/mol. The molecule has 1 aromatic rings. The van der Waals surface area contributed by atoms with Crippen molar-refractivity contribution in [3.63, 3.8) is 0 Å². The lowest BCUT2D eigenvalue weighted by Crippen LogP contribution is -1.96. The van der Waals surface area contributed by atoms with Crippen molar-refractivity contribution >= 4 is 5.97 Å². The van der Waals surface area contributed by atoms with Crippen LogP contribution < -0.4 is 0 Å². The zero-order chi connectivity index (χ0) is 9.30. The molecular formula is C9H12O3. The summed E-state index contributed by atoms with van der Waals surface area (Å²) in [5, 5.41) is 8.71. The van der Waals surface area contributed by atoms with Crippen molar-refractivity contribution in [2.45, 2.75) is 27.2 Å². The van der Waals surface area contributed by atoms with Gasteiger partial charge < -0.3 is 9.52 Å². The Balaban J connectivity index is 3.26. The number of carboxylic acids is 1. The van der Waals surface area contributed by atoms with E-state index < -0.39 is 5.97 Å². The van der Waals surface area contributed by atoms with Crippen LogP contribution >= 0.6 is 0 Å². The molecule has 0 unspecified atom stereocenters. The Morgan fingerprint density at radius 3 is 2.33 bits per heavy atom. The van der Waals surface area contributed by atoms with Gasteiger partial charge in [0, 0.05) is 5.56 Å². The number of carboxylic acid groups (broad SMARTS) is 1. The van der Waals surface area contributed by atoms with E-state index in [1.807, 2.05) is 6.92 Å². The topological polar surface area (TPSA) is 50.4 Å². The second-order valence-electron chi connectivity index (χ2n) is 2.75. The summed E-state index contributed by atoms with van der Waals surface area (Å²) in [7, 11) is 0. The summed E-state index contributed by atoms with van der Waals surface area (Å²) in [4.78, 5) is 10.6. The van der Waals surface area contributed by atoms with Crippen LogP contribution in [0.1, 0.15) is 34.4 Å². The van der Waals surface area contributed by atoms with Gasteiger partial charge in [-0.3, -0.25) is 0 Å². The van der Waals surface area contributed by atoms with Crippen molar-refractivity contribution in [1.82, 2.24) is 0 Å². The summed E-state index contributed by atoms with van der Waals surface area (Å²) in [6, 6.07) is 0. The Hall–Kier alpha value is -1.25. The molecule has 0 aliphatic heterocycles. The van der Waals surface area contributed by atoms with Gasteiger partial charge in [-0.1, -0.05) is 6.92 Å². The van der Waals surface area contributed by atoms with Gasteiger partial charge in [0.1, 0.15) is 5.76 Å². The van der Waals surface area contributed by atoms with E-state index >= 15 is 0 Å². The van der Waals surface area contributed by atoms with Gasteiger partial charge in [0.25, 0.3) is 0 Å². The first kappa shape index (κ1) is 8.84. The van der Waals surface area contributed by atoms with Gasteiger partial charge in [-0.05, 0) is 25.8 Å². The van der Waals surface area contributed by atoms with Crippen molar-refractivity contribution in [1.29, 1.82) is 0 Å². The number of aromatic carboxylic acids is 1. The third-order valence-corrected chi connectivity index (χ3v) is 2.02. The van der Waals surface area contributed by atoms with E-state index in [9.17, 15) is 4.79 Å². The van der Waals surface area contributed by atoms with Crippen molar-refractivity contribution < 1.29 is 14.3 Å². The van der Waals surface area contributed by atoms with E-state index in [4.69, 9.17) is 9.52 Å². The monoisotopic (exact) mass is 168 g/mol. The molecular weight excluding hydrogens is 156 g/mol. The highest BCUT2D eigenvalue weighted by molar-refractivity contribution is 5.86. The Labute approximate surface area is 71.0 Å². The SMILES string of the molecule is CCc1c(C)oc(C(=O)O)c1C. The minimum Gasteiger partial charge on any atom is -0.475 e. The summed E-state index contributed by atoms with van der Waals surface area (Å²) >= 11 is 0. The van der Waals surface area contributed by atoms with Gasteiger partial charge in [-0.25, -0.2) is 4.79 Å². The van der Waals surface area contributed by atoms with Crippen molar-refractivity contribution in [2.75, 3.05) is 0 Å². The Kier molecular flexibility index (Phi) is 2.22. The summed E-state index contributed by atoms with van der Waals surface area (Å²) in [5.41, 5.74) is 1.76. The first-order valence-electron chi connectivity index (χ1n) is 3.90. The minimum absolute atomic E-state index is 0.0735. The number of aryl methyl sites for hydroxylation is 1. The highest BCUT2D eigenvalue weighted by Gasteiger charge is 2.17. The maximum absolute atomic E-state index is 10.6. The molecule has 1 rings (SSSR count). The number of furan rings is 1. The molecule has 0 spiro atoms. The van der Waals surface area contributed by atoms with Crippen molar-refractivity contribution in [2.24, 2.45) is 0 Å². The van der Waals surface area contributed by atoms with Gasteiger partial charge in [0.05, 0.1) is 0 Å². The molecule has 0 bridgehead atoms. The maximum Gasteiger partial charge on any atom is 0.372 e. The third-order valence-electron chi connectivity index (χ3n) is 2.02. The molecule has 66 valence electrons. The lowest BCUT2D eigenvalue weighted by Gasteiger charge is -1.92. The molecule has 0 amide bonds. The molecule has 3 heteroatoms. The number of rotatable bonds is 2. The normalized spacial score (nSPS) is 10.2. The van der Waals surface area contributed by atoms with Gasteiger partial charge in [-0.15, -0.1) is 0 Å². The average Bonchev–Trinajstić information content (AvgIpc) is 2.27. The molecule has 0 saturated heterocycles. The quantitative estimate of drug-likeness (QED) is 0.736. The lowest BCUT2D eigenvalue weighted by molar-refractivity contribution is 0.0660. The van der Waals surface area contributed by atoms with Crippen molar-refractivity contribution in [3.8, 4) is 0 Å². The first-order valence-corrected chi connectivity index (χ1v) is 3.90. The lowest BCUT2D eigenvalue weighted by atomic mass is 10.1. The summed E-state index contributed by atoms with van der Waals surface area (Å²) in [6.45, 7) is 5.55. The second kappa shape index (κ2) is 3.01. The van der Waals surface area contributed by atoms with Gasteiger partial charge in [0.2, 0.25) is 5.76 Å². The maximum atomic E-state index is 10.6. The van der Waals surface area contributed by atoms with Crippen LogP contribution in [0, 0.1) is 13.8 Å². The van der Waals surface area contributed by atoms with E-state index in [0.29, 0.717) is 5.76 Å². The molecule has 1 N–H and O–H groups in total. The van der Waals surface area contributed by atoms with E-state index in [-0.39, 0.29) is 5.76 Å². The van der Waals surface area contributed by atoms with Crippen LogP contribution in [-0.2, 0) is 6.42 Å². The Bertz CT molecular complexity index is 310. The fraction of sp³-hybridized carbons (Fsp3) is 0.444. The van der Waals surface area contributed by atoms with Gasteiger partial charge in [-0.2, -0.15) is 0 Å². The molecule has 0 fully saturated rings. The van der Waals surface area contributed by atoms with Crippen LogP contribution in [0.2, 0.25) is 0 Å². The smallest absolute Gasteiger partial charge is 0.372 e. The first-order chi connectivity index (χ1) is 5.57. The van der Waals surface area contributed by atoms with E-state index in [1.54, 1.807) is 13.8 Å². The van der Waals surface area contributed by atoms with Crippen LogP contribution in [-0.4, -0.2) is 11.1 Å². The predicted molar refractivity (Wildman–Crippen MR) is 44.5 cm³/mol. The number of hydrogen-bond donors (Lipinski definition) is 1. The summed E-state index contributed by atoms with van der Waals surface area (Å²) in [5.74, 6) is -0.202. The fourth-order valence-corrected chi connectivity index (χ4v) is 1.41. The molecule has 12 heavy (non-hydrogen) atoms. The van der Waals surface area contributed by atoms with Crippen molar-refractivity contribution in [3.05, 3.63) is 22.6 Å². The predicted octanol–water partition coefficient (Wildman–Crippen LogP) is 2.16. The highest BCUT2D eigenvalue weighted by atomic mass is 16.4. The molecule has 0 aliphatic carbocycles. The third kappa shape index (κ3) is 1.22. The largest absolute Gasteiger partial charge is 0.475 e. The Morgan fingerprint density at radius 1 is 1.50 bits per heavy atom. The molecule has 1 heterocycles. The molecule has 3 nitrogen and oxygen atoms in total. The van der Waals surface area contributed by atoms with Crippen LogP contribution in [0.15, 0.2) is 4.42 Å². The summed E-state index contributed by atoms with van der Waals surface area (Å²) in [6.07, 6.45) is 0.814. The zero-order valence-electron chi connectivity index (χ0n) is 7.47. The van der Waals surface area contributed by atoms with Crippen LogP contribution in [0.25, 0.3) is 0 Å². The van der Waals surface area contributed by atoms with E-state index in [0.717, 1.165) is 17.5 Å². The summed E-state index contributed by atoms with van der Waals surface area (Å²) < 4.78 is 5.10. The van der Waals surface area contributed by atoms with E-state index in [2.05, 4.69) is 0 Å². The molecule has 0 saturated carbocycles. The van der Waals surface area contributed by atoms with Gasteiger partial charge >= 0.3 is 5.97 Å². The number of hydrogen-bond acceptors (Lipinski definition) is 2. The second-order valence-corrected chi connectivity index (χ2v) is 2.75. The zero-order valence-corrected chi connectivity index (χ0v) is 7.47. The van der Waals surface area contributed by atoms with Gasteiger partial charge in [0.15, 0.2) is 0 Å². The van der Waals surface area contributed by atoms with Crippen LogP contribution in [0.4, 0.5) is 0 Å². The molecule has 0 aliphatic rings. The van der Waals surface area contributed by atoms with E-state index in [1.165, 1.54) is 0 Å². The molecule has 0 atom stereocenters. The highest BCUT2D eigenvalue weighted by Crippen LogP contribution is 2.21. The molecule has 0 aromatic carbocycles. The number of carbonyl (C=O) groups is 1. The standard InChI is InChI=1S/C9H12O3/c1-4-7-5(2)8(9(10)11)12-6(7)3/h4H2,1-3H3,(H,10,11). The Morgan fingerprint density at radius 2 is 2.08 bits per heavy atom. The fourth-order valence-electron chi connectivity index (χ4n) is 1.41. The minimum atomic E-state index is -0.990. The molecule has 1 aromatic heterocycles. The van der Waals surface area contributed by atoms with Crippen LogP contribution in [0.5, 0.6) is 0 Å². The molecule has 0 radical (unpaired) electrons.